The molecule has 140 valence electrons. The van der Waals surface area contributed by atoms with E-state index in [1.165, 1.54) is 5.56 Å². The summed E-state index contributed by atoms with van der Waals surface area (Å²) in [5, 5.41) is 2.80. The van der Waals surface area contributed by atoms with Crippen molar-refractivity contribution >= 4 is 5.91 Å². The van der Waals surface area contributed by atoms with Crippen LogP contribution in [0.2, 0.25) is 0 Å². The fourth-order valence-corrected chi connectivity index (χ4v) is 2.63. The molecule has 1 N–H and O–H groups in total. The second-order valence-corrected chi connectivity index (χ2v) is 7.58. The number of amides is 1. The second-order valence-electron chi connectivity index (χ2n) is 7.58. The van der Waals surface area contributed by atoms with Gasteiger partial charge in [0.15, 0.2) is 6.61 Å². The minimum absolute atomic E-state index is 0.00315. The smallest absolute Gasteiger partial charge is 0.258 e. The van der Waals surface area contributed by atoms with Gasteiger partial charge in [-0.15, -0.1) is 0 Å². The van der Waals surface area contributed by atoms with Gasteiger partial charge in [-0.2, -0.15) is 0 Å². The molecule has 0 saturated carbocycles. The lowest BCUT2D eigenvalue weighted by molar-refractivity contribution is -0.123. The molecule has 0 unspecified atom stereocenters. The Morgan fingerprint density at radius 1 is 0.923 bits per heavy atom. The summed E-state index contributed by atoms with van der Waals surface area (Å²) in [4.78, 5) is 11.9. The van der Waals surface area contributed by atoms with Gasteiger partial charge >= 0.3 is 0 Å². The summed E-state index contributed by atoms with van der Waals surface area (Å²) in [5.74, 6) is 1.36. The van der Waals surface area contributed by atoms with Crippen LogP contribution in [0, 0.1) is 13.8 Å². The summed E-state index contributed by atoms with van der Waals surface area (Å²) in [7, 11) is 0. The van der Waals surface area contributed by atoms with E-state index in [4.69, 9.17) is 9.47 Å². The number of ether oxygens (including phenoxy) is 2. The number of rotatable bonds is 7. The summed E-state index contributed by atoms with van der Waals surface area (Å²) in [6.45, 7) is 11.4. The van der Waals surface area contributed by atoms with Crippen LogP contribution in [0.1, 0.15) is 37.5 Å². The van der Waals surface area contributed by atoms with Crippen LogP contribution < -0.4 is 14.8 Å². The van der Waals surface area contributed by atoms with E-state index in [1.54, 1.807) is 0 Å². The average Bonchev–Trinajstić information content (AvgIpc) is 2.56. The van der Waals surface area contributed by atoms with Crippen molar-refractivity contribution in [2.45, 2.75) is 40.0 Å². The van der Waals surface area contributed by atoms with Gasteiger partial charge in [0, 0.05) is 0 Å². The zero-order valence-electron chi connectivity index (χ0n) is 16.4. The van der Waals surface area contributed by atoms with Gasteiger partial charge in [-0.05, 0) is 60.2 Å². The van der Waals surface area contributed by atoms with Crippen molar-refractivity contribution in [1.29, 1.82) is 0 Å². The lowest BCUT2D eigenvalue weighted by Crippen LogP contribution is -2.32. The van der Waals surface area contributed by atoms with Crippen molar-refractivity contribution in [3.05, 3.63) is 59.2 Å². The molecule has 2 aromatic rings. The Labute approximate surface area is 156 Å². The maximum absolute atomic E-state index is 11.9. The van der Waals surface area contributed by atoms with Gasteiger partial charge in [0.25, 0.3) is 5.91 Å². The molecule has 2 rings (SSSR count). The van der Waals surface area contributed by atoms with Crippen LogP contribution in [-0.4, -0.2) is 25.7 Å². The molecule has 4 nitrogen and oxygen atoms in total. The van der Waals surface area contributed by atoms with Crippen LogP contribution in [-0.2, 0) is 10.2 Å². The maximum Gasteiger partial charge on any atom is 0.258 e. The molecule has 4 heteroatoms. The van der Waals surface area contributed by atoms with E-state index in [-0.39, 0.29) is 17.9 Å². The molecule has 0 heterocycles. The number of benzene rings is 2. The Morgan fingerprint density at radius 2 is 1.54 bits per heavy atom. The molecule has 0 aromatic heterocycles. The number of hydrogen-bond donors (Lipinski definition) is 1. The van der Waals surface area contributed by atoms with E-state index in [1.807, 2.05) is 38.1 Å². The van der Waals surface area contributed by atoms with Gasteiger partial charge < -0.3 is 14.8 Å². The fraction of sp³-hybridized carbons (Fsp3) is 0.409. The Hall–Kier alpha value is -2.49. The Bertz CT molecular complexity index is 710. The molecule has 0 spiro atoms. The lowest BCUT2D eigenvalue weighted by Gasteiger charge is -2.19. The molecule has 0 fully saturated rings. The summed E-state index contributed by atoms with van der Waals surface area (Å²) in [6.07, 6.45) is 0. The fourth-order valence-electron chi connectivity index (χ4n) is 2.63. The molecule has 26 heavy (non-hydrogen) atoms. The van der Waals surface area contributed by atoms with Gasteiger partial charge in [-0.1, -0.05) is 39.0 Å². The highest BCUT2D eigenvalue weighted by atomic mass is 16.5. The van der Waals surface area contributed by atoms with E-state index in [0.29, 0.717) is 18.9 Å². The van der Waals surface area contributed by atoms with E-state index >= 15 is 0 Å². The summed E-state index contributed by atoms with van der Waals surface area (Å²) >= 11 is 0. The first-order chi connectivity index (χ1) is 12.2. The molecular formula is C22H29NO3. The lowest BCUT2D eigenvalue weighted by atomic mass is 9.87. The van der Waals surface area contributed by atoms with Crippen LogP contribution >= 0.6 is 0 Å². The highest BCUT2D eigenvalue weighted by Crippen LogP contribution is 2.24. The largest absolute Gasteiger partial charge is 0.492 e. The first kappa shape index (κ1) is 19.8. The van der Waals surface area contributed by atoms with Gasteiger partial charge in [-0.25, -0.2) is 0 Å². The molecule has 0 atom stereocenters. The van der Waals surface area contributed by atoms with Crippen molar-refractivity contribution in [1.82, 2.24) is 5.32 Å². The summed E-state index contributed by atoms with van der Waals surface area (Å²) in [5.41, 5.74) is 3.63. The monoisotopic (exact) mass is 355 g/mol. The Kier molecular flexibility index (Phi) is 6.67. The minimum Gasteiger partial charge on any atom is -0.492 e. The van der Waals surface area contributed by atoms with Crippen molar-refractivity contribution in [2.75, 3.05) is 19.8 Å². The highest BCUT2D eigenvalue weighted by Gasteiger charge is 2.12. The van der Waals surface area contributed by atoms with Crippen molar-refractivity contribution in [3.8, 4) is 11.5 Å². The average molecular weight is 355 g/mol. The third kappa shape index (κ3) is 6.43. The molecular weight excluding hydrogens is 326 g/mol. The van der Waals surface area contributed by atoms with E-state index in [9.17, 15) is 4.79 Å². The quantitative estimate of drug-likeness (QED) is 0.758. The molecule has 0 aliphatic carbocycles. The number of aryl methyl sites for hydroxylation is 2. The summed E-state index contributed by atoms with van der Waals surface area (Å²) < 4.78 is 11.2. The molecule has 1 amide bonds. The number of carbonyl (C=O) groups excluding carboxylic acids is 1. The first-order valence-electron chi connectivity index (χ1n) is 8.95. The maximum atomic E-state index is 11.9. The predicted molar refractivity (Wildman–Crippen MR) is 105 cm³/mol. The predicted octanol–water partition coefficient (Wildman–Crippen LogP) is 4.17. The first-order valence-corrected chi connectivity index (χ1v) is 8.95. The SMILES string of the molecule is Cc1cc(C)cc(OCC(=O)NCCOc2ccc(C(C)(C)C)cc2)c1. The molecule has 0 radical (unpaired) electrons. The van der Waals surface area contributed by atoms with Crippen LogP contribution in [0.25, 0.3) is 0 Å². The normalized spacial score (nSPS) is 11.1. The van der Waals surface area contributed by atoms with E-state index < -0.39 is 0 Å². The van der Waals surface area contributed by atoms with Crippen molar-refractivity contribution in [3.63, 3.8) is 0 Å². The van der Waals surface area contributed by atoms with E-state index in [2.05, 4.69) is 44.3 Å². The zero-order valence-corrected chi connectivity index (χ0v) is 16.4. The van der Waals surface area contributed by atoms with E-state index in [0.717, 1.165) is 16.9 Å². The third-order valence-corrected chi connectivity index (χ3v) is 3.98. The zero-order chi connectivity index (χ0) is 19.2. The highest BCUT2D eigenvalue weighted by molar-refractivity contribution is 5.77. The van der Waals surface area contributed by atoms with Crippen molar-refractivity contribution in [2.24, 2.45) is 0 Å². The number of nitrogens with one attached hydrogen (secondary N) is 1. The van der Waals surface area contributed by atoms with Gasteiger partial charge in [0.2, 0.25) is 0 Å². The van der Waals surface area contributed by atoms with Crippen LogP contribution in [0.5, 0.6) is 11.5 Å². The topological polar surface area (TPSA) is 47.6 Å². The Balaban J connectivity index is 1.68. The van der Waals surface area contributed by atoms with Crippen molar-refractivity contribution < 1.29 is 14.3 Å². The second kappa shape index (κ2) is 8.75. The summed E-state index contributed by atoms with van der Waals surface area (Å²) in [6, 6.07) is 14.0. The number of hydrogen-bond acceptors (Lipinski definition) is 3. The van der Waals surface area contributed by atoms with Crippen LogP contribution in [0.15, 0.2) is 42.5 Å². The van der Waals surface area contributed by atoms with Crippen LogP contribution in [0.4, 0.5) is 0 Å². The standard InChI is InChI=1S/C22H29NO3/c1-16-12-17(2)14-20(13-16)26-15-21(24)23-10-11-25-19-8-6-18(7-9-19)22(3,4)5/h6-9,12-14H,10-11,15H2,1-5H3,(H,23,24). The molecule has 0 aliphatic heterocycles. The van der Waals surface area contributed by atoms with Gasteiger partial charge in [-0.3, -0.25) is 4.79 Å². The van der Waals surface area contributed by atoms with Gasteiger partial charge in [0.1, 0.15) is 18.1 Å². The Morgan fingerprint density at radius 3 is 2.12 bits per heavy atom. The molecule has 0 saturated heterocycles. The van der Waals surface area contributed by atoms with Gasteiger partial charge in [0.05, 0.1) is 6.54 Å². The minimum atomic E-state index is -0.157. The molecule has 0 aliphatic rings. The van der Waals surface area contributed by atoms with Crippen LogP contribution in [0.3, 0.4) is 0 Å². The molecule has 0 bridgehead atoms. The third-order valence-electron chi connectivity index (χ3n) is 3.98. The molecule has 2 aromatic carbocycles. The number of carbonyl (C=O) groups is 1.